The van der Waals surface area contributed by atoms with Crippen LogP contribution in [0.4, 0.5) is 4.39 Å². The highest BCUT2D eigenvalue weighted by Crippen LogP contribution is 2.25. The molecule has 0 unspecified atom stereocenters. The standard InChI is InChI=1S/C25H21FN4O3/c1-32-21-13-11-18(12-14-21)25-19(16-30(29-25)20-7-3-2-4-8-20)15-27-28-24(31)17-33-23-10-6-5-9-22(23)26/h2-16H,17H2,1H3,(H,28,31)/b27-15+. The van der Waals surface area contributed by atoms with Gasteiger partial charge in [-0.2, -0.15) is 10.2 Å². The fourth-order valence-electron chi connectivity index (χ4n) is 3.08. The number of ether oxygens (including phenoxy) is 2. The number of methoxy groups -OCH3 is 1. The maximum Gasteiger partial charge on any atom is 0.277 e. The zero-order chi connectivity index (χ0) is 23.0. The summed E-state index contributed by atoms with van der Waals surface area (Å²) in [7, 11) is 1.61. The lowest BCUT2D eigenvalue weighted by atomic mass is 10.1. The molecule has 1 N–H and O–H groups in total. The first-order valence-electron chi connectivity index (χ1n) is 10.1. The van der Waals surface area contributed by atoms with Gasteiger partial charge in [0.15, 0.2) is 18.2 Å². The number of hydrogen-bond donors (Lipinski definition) is 1. The minimum atomic E-state index is -0.536. The van der Waals surface area contributed by atoms with Crippen molar-refractivity contribution < 1.29 is 18.7 Å². The number of hydrogen-bond acceptors (Lipinski definition) is 5. The molecule has 0 saturated heterocycles. The zero-order valence-electron chi connectivity index (χ0n) is 17.8. The number of nitrogens with one attached hydrogen (secondary N) is 1. The van der Waals surface area contributed by atoms with Gasteiger partial charge in [-0.15, -0.1) is 0 Å². The number of nitrogens with zero attached hydrogens (tertiary/aromatic N) is 3. The van der Waals surface area contributed by atoms with Gasteiger partial charge < -0.3 is 9.47 Å². The van der Waals surface area contributed by atoms with Crippen LogP contribution >= 0.6 is 0 Å². The van der Waals surface area contributed by atoms with Crippen LogP contribution in [-0.2, 0) is 4.79 Å². The van der Waals surface area contributed by atoms with Crippen LogP contribution in [0.5, 0.6) is 11.5 Å². The van der Waals surface area contributed by atoms with Gasteiger partial charge in [-0.05, 0) is 48.5 Å². The minimum Gasteiger partial charge on any atom is -0.497 e. The molecular weight excluding hydrogens is 423 g/mol. The lowest BCUT2D eigenvalue weighted by molar-refractivity contribution is -0.123. The number of para-hydroxylation sites is 2. The Morgan fingerprint density at radius 2 is 1.79 bits per heavy atom. The molecule has 1 amide bonds. The van der Waals surface area contributed by atoms with Crippen LogP contribution in [0.25, 0.3) is 16.9 Å². The Hall–Kier alpha value is -4.46. The number of halogens is 1. The molecule has 4 rings (SSSR count). The van der Waals surface area contributed by atoms with Gasteiger partial charge in [-0.1, -0.05) is 30.3 Å². The molecule has 0 aliphatic rings. The molecule has 3 aromatic carbocycles. The molecule has 33 heavy (non-hydrogen) atoms. The van der Waals surface area contributed by atoms with E-state index in [-0.39, 0.29) is 12.4 Å². The van der Waals surface area contributed by atoms with Crippen molar-refractivity contribution in [1.82, 2.24) is 15.2 Å². The van der Waals surface area contributed by atoms with Crippen LogP contribution in [0.1, 0.15) is 5.56 Å². The van der Waals surface area contributed by atoms with E-state index in [4.69, 9.17) is 14.6 Å². The molecule has 1 aromatic heterocycles. The highest BCUT2D eigenvalue weighted by atomic mass is 19.1. The first kappa shape index (κ1) is 21.8. The van der Waals surface area contributed by atoms with Gasteiger partial charge in [0.25, 0.3) is 5.91 Å². The van der Waals surface area contributed by atoms with Crippen LogP contribution in [0.3, 0.4) is 0 Å². The molecular formula is C25H21FN4O3. The van der Waals surface area contributed by atoms with Crippen molar-refractivity contribution >= 4 is 12.1 Å². The molecule has 0 radical (unpaired) electrons. The van der Waals surface area contributed by atoms with E-state index in [0.29, 0.717) is 11.3 Å². The molecule has 1 heterocycles. The number of amides is 1. The van der Waals surface area contributed by atoms with Crippen LogP contribution < -0.4 is 14.9 Å². The van der Waals surface area contributed by atoms with Crippen molar-refractivity contribution in [2.24, 2.45) is 5.10 Å². The number of aromatic nitrogens is 2. The number of hydrazone groups is 1. The summed E-state index contributed by atoms with van der Waals surface area (Å²) in [6, 6.07) is 23.0. The van der Waals surface area contributed by atoms with Crippen LogP contribution in [-0.4, -0.2) is 35.6 Å². The van der Waals surface area contributed by atoms with E-state index in [1.807, 2.05) is 60.8 Å². The van der Waals surface area contributed by atoms with Gasteiger partial charge in [0.1, 0.15) is 11.4 Å². The van der Waals surface area contributed by atoms with E-state index >= 15 is 0 Å². The lowest BCUT2D eigenvalue weighted by Gasteiger charge is -2.05. The van der Waals surface area contributed by atoms with E-state index in [1.54, 1.807) is 23.9 Å². The Balaban J connectivity index is 1.51. The van der Waals surface area contributed by atoms with E-state index in [2.05, 4.69) is 10.5 Å². The lowest BCUT2D eigenvalue weighted by Crippen LogP contribution is -2.24. The highest BCUT2D eigenvalue weighted by molar-refractivity contribution is 5.89. The monoisotopic (exact) mass is 444 g/mol. The summed E-state index contributed by atoms with van der Waals surface area (Å²) in [6.45, 7) is -0.368. The molecule has 7 nitrogen and oxygen atoms in total. The fourth-order valence-corrected chi connectivity index (χ4v) is 3.08. The van der Waals surface area contributed by atoms with E-state index in [1.165, 1.54) is 18.3 Å². The maximum atomic E-state index is 13.6. The average Bonchev–Trinajstić information content (AvgIpc) is 3.28. The van der Waals surface area contributed by atoms with Gasteiger partial charge in [-0.3, -0.25) is 4.79 Å². The summed E-state index contributed by atoms with van der Waals surface area (Å²) in [5.74, 6) is -0.316. The van der Waals surface area contributed by atoms with Gasteiger partial charge >= 0.3 is 0 Å². The third-order valence-electron chi connectivity index (χ3n) is 4.72. The van der Waals surface area contributed by atoms with Gasteiger partial charge in [0, 0.05) is 17.3 Å². The third kappa shape index (κ3) is 5.43. The quantitative estimate of drug-likeness (QED) is 0.326. The maximum absolute atomic E-state index is 13.6. The van der Waals surface area contributed by atoms with E-state index < -0.39 is 11.7 Å². The smallest absolute Gasteiger partial charge is 0.277 e. The summed E-state index contributed by atoms with van der Waals surface area (Å²) < 4.78 is 25.8. The van der Waals surface area contributed by atoms with Crippen molar-refractivity contribution in [2.75, 3.05) is 13.7 Å². The van der Waals surface area contributed by atoms with Gasteiger partial charge in [-0.25, -0.2) is 14.5 Å². The summed E-state index contributed by atoms with van der Waals surface area (Å²) in [6.07, 6.45) is 3.33. The molecule has 8 heteroatoms. The number of rotatable bonds is 8. The van der Waals surface area contributed by atoms with Crippen LogP contribution in [0.15, 0.2) is 90.2 Å². The fraction of sp³-hybridized carbons (Fsp3) is 0.0800. The van der Waals surface area contributed by atoms with E-state index in [9.17, 15) is 9.18 Å². The predicted molar refractivity (Wildman–Crippen MR) is 123 cm³/mol. The number of carbonyl (C=O) groups is 1. The summed E-state index contributed by atoms with van der Waals surface area (Å²) in [5.41, 5.74) is 5.51. The second-order valence-corrected chi connectivity index (χ2v) is 6.95. The Morgan fingerprint density at radius 1 is 1.06 bits per heavy atom. The largest absolute Gasteiger partial charge is 0.497 e. The van der Waals surface area contributed by atoms with Crippen LogP contribution in [0.2, 0.25) is 0 Å². The zero-order valence-corrected chi connectivity index (χ0v) is 17.8. The topological polar surface area (TPSA) is 77.7 Å². The minimum absolute atomic E-state index is 0.00237. The molecule has 4 aromatic rings. The second kappa shape index (κ2) is 10.2. The number of benzene rings is 3. The molecule has 0 aliphatic heterocycles. The SMILES string of the molecule is COc1ccc(-c2nn(-c3ccccc3)cc2/C=N/NC(=O)COc2ccccc2F)cc1. The molecule has 0 bridgehead atoms. The Labute approximate surface area is 190 Å². The number of carbonyl (C=O) groups excluding carboxylic acids is 1. The van der Waals surface area contributed by atoms with Crippen molar-refractivity contribution in [3.05, 3.63) is 96.4 Å². The predicted octanol–water partition coefficient (Wildman–Crippen LogP) is 4.22. The first-order chi connectivity index (χ1) is 16.1. The summed E-state index contributed by atoms with van der Waals surface area (Å²) >= 11 is 0. The molecule has 0 saturated carbocycles. The van der Waals surface area contributed by atoms with Gasteiger partial charge in [0.2, 0.25) is 0 Å². The van der Waals surface area contributed by atoms with Crippen molar-refractivity contribution in [3.8, 4) is 28.4 Å². The van der Waals surface area contributed by atoms with Crippen LogP contribution in [0, 0.1) is 5.82 Å². The Kier molecular flexibility index (Phi) is 6.75. The van der Waals surface area contributed by atoms with Crippen molar-refractivity contribution in [2.45, 2.75) is 0 Å². The van der Waals surface area contributed by atoms with Gasteiger partial charge in [0.05, 0.1) is 19.0 Å². The normalized spacial score (nSPS) is 10.8. The molecule has 0 fully saturated rings. The molecule has 166 valence electrons. The highest BCUT2D eigenvalue weighted by Gasteiger charge is 2.12. The van der Waals surface area contributed by atoms with E-state index in [0.717, 1.165) is 17.0 Å². The molecule has 0 spiro atoms. The Morgan fingerprint density at radius 3 is 2.52 bits per heavy atom. The second-order valence-electron chi connectivity index (χ2n) is 6.95. The average molecular weight is 444 g/mol. The Bertz CT molecular complexity index is 1250. The molecule has 0 aliphatic carbocycles. The van der Waals surface area contributed by atoms with Crippen molar-refractivity contribution in [1.29, 1.82) is 0 Å². The first-order valence-corrected chi connectivity index (χ1v) is 10.1. The third-order valence-corrected chi connectivity index (χ3v) is 4.72. The summed E-state index contributed by atoms with van der Waals surface area (Å²) in [5, 5.41) is 8.72. The van der Waals surface area contributed by atoms with Crippen molar-refractivity contribution in [3.63, 3.8) is 0 Å². The summed E-state index contributed by atoms with van der Waals surface area (Å²) in [4.78, 5) is 12.1. The molecule has 0 atom stereocenters.